The summed E-state index contributed by atoms with van der Waals surface area (Å²) < 4.78 is 9.80. The second kappa shape index (κ2) is 6.33. The molecule has 2 aliphatic heterocycles. The molecule has 1 unspecified atom stereocenters. The fraction of sp³-hybridized carbons (Fsp3) is 0.529. The average molecular weight is 354 g/mol. The first kappa shape index (κ1) is 15.7. The number of nitrogens with zero attached hydrogens (tertiary/aromatic N) is 6. The van der Waals surface area contributed by atoms with E-state index in [2.05, 4.69) is 26.3 Å². The van der Waals surface area contributed by atoms with Gasteiger partial charge < -0.3 is 14.6 Å². The van der Waals surface area contributed by atoms with E-state index in [9.17, 15) is 0 Å². The van der Waals surface area contributed by atoms with E-state index in [1.165, 1.54) is 0 Å². The monoisotopic (exact) mass is 354 g/mol. The summed E-state index contributed by atoms with van der Waals surface area (Å²) in [5, 5.41) is 15.3. The van der Waals surface area contributed by atoms with Crippen molar-refractivity contribution in [1.29, 1.82) is 0 Å². The molecule has 0 spiro atoms. The van der Waals surface area contributed by atoms with E-state index in [1.54, 1.807) is 6.20 Å². The third-order valence-corrected chi connectivity index (χ3v) is 5.10. The van der Waals surface area contributed by atoms with Gasteiger partial charge in [0, 0.05) is 44.6 Å². The fourth-order valence-corrected chi connectivity index (χ4v) is 3.64. The van der Waals surface area contributed by atoms with Crippen LogP contribution in [0.15, 0.2) is 12.4 Å². The molecule has 2 aliphatic rings. The fourth-order valence-electron chi connectivity index (χ4n) is 3.64. The molecule has 9 heteroatoms. The minimum absolute atomic E-state index is 0.196. The van der Waals surface area contributed by atoms with Gasteiger partial charge in [0.15, 0.2) is 11.6 Å². The van der Waals surface area contributed by atoms with E-state index in [-0.39, 0.29) is 6.04 Å². The largest absolute Gasteiger partial charge is 0.379 e. The molecule has 0 bridgehead atoms. The van der Waals surface area contributed by atoms with Crippen LogP contribution in [-0.4, -0.2) is 60.8 Å². The van der Waals surface area contributed by atoms with Gasteiger partial charge in [0.25, 0.3) is 0 Å². The Morgan fingerprint density at radius 3 is 3.04 bits per heavy atom. The highest BCUT2D eigenvalue weighted by atomic mass is 16.5. The van der Waals surface area contributed by atoms with Crippen LogP contribution in [0.2, 0.25) is 0 Å². The zero-order valence-electron chi connectivity index (χ0n) is 14.8. The lowest BCUT2D eigenvalue weighted by molar-refractivity contribution is 0.185. The zero-order chi connectivity index (χ0) is 17.5. The van der Waals surface area contributed by atoms with Crippen molar-refractivity contribution in [3.8, 4) is 22.9 Å². The van der Waals surface area contributed by atoms with E-state index in [0.29, 0.717) is 12.4 Å². The quantitative estimate of drug-likeness (QED) is 0.727. The van der Waals surface area contributed by atoms with Crippen molar-refractivity contribution < 1.29 is 4.74 Å². The van der Waals surface area contributed by atoms with Gasteiger partial charge in [0.2, 0.25) is 0 Å². The smallest absolute Gasteiger partial charge is 0.185 e. The molecule has 1 atom stereocenters. The van der Waals surface area contributed by atoms with Crippen LogP contribution in [0.3, 0.4) is 0 Å². The number of aromatic nitrogens is 7. The summed E-state index contributed by atoms with van der Waals surface area (Å²) >= 11 is 0. The Bertz CT molecular complexity index is 894. The summed E-state index contributed by atoms with van der Waals surface area (Å²) in [6, 6.07) is 0.196. The Labute approximate surface area is 150 Å². The standard InChI is InChI=1S/C17H22N8O/c1-11-13(8-19-22-11)16-21-17(25(23-16)12-3-7-26-10-12)14-9-24-6-5-18-4-2-15(24)20-14/h8-9,12,18H,2-7,10H2,1H3,(H,19,22). The topological polar surface area (TPSA) is 98.5 Å². The molecule has 3 aromatic heterocycles. The maximum Gasteiger partial charge on any atom is 0.185 e. The lowest BCUT2D eigenvalue weighted by Gasteiger charge is -2.10. The third kappa shape index (κ3) is 2.63. The van der Waals surface area contributed by atoms with Gasteiger partial charge in [-0.25, -0.2) is 14.6 Å². The highest BCUT2D eigenvalue weighted by molar-refractivity contribution is 5.60. The van der Waals surface area contributed by atoms with Crippen LogP contribution in [-0.2, 0) is 17.7 Å². The van der Waals surface area contributed by atoms with Crippen molar-refractivity contribution in [2.24, 2.45) is 0 Å². The SMILES string of the molecule is Cc1[nH]ncc1-c1nc(-c2cn3c(n2)CCNCC3)n(C2CCOC2)n1. The molecule has 0 aliphatic carbocycles. The number of fused-ring (bicyclic) bond motifs is 1. The molecule has 5 heterocycles. The van der Waals surface area contributed by atoms with Gasteiger partial charge in [0.1, 0.15) is 11.5 Å². The predicted molar refractivity (Wildman–Crippen MR) is 94.6 cm³/mol. The minimum atomic E-state index is 0.196. The second-order valence-corrected chi connectivity index (χ2v) is 6.87. The predicted octanol–water partition coefficient (Wildman–Crippen LogP) is 0.947. The second-order valence-electron chi connectivity index (χ2n) is 6.87. The van der Waals surface area contributed by atoms with E-state index >= 15 is 0 Å². The molecule has 3 aromatic rings. The maximum absolute atomic E-state index is 5.58. The van der Waals surface area contributed by atoms with Crippen LogP contribution >= 0.6 is 0 Å². The molecular formula is C17H22N8O. The molecule has 26 heavy (non-hydrogen) atoms. The van der Waals surface area contributed by atoms with Gasteiger partial charge in [-0.15, -0.1) is 5.10 Å². The first-order valence-corrected chi connectivity index (χ1v) is 9.11. The molecule has 1 fully saturated rings. The van der Waals surface area contributed by atoms with Gasteiger partial charge in [-0.2, -0.15) is 5.10 Å². The summed E-state index contributed by atoms with van der Waals surface area (Å²) in [6.45, 7) is 6.25. The van der Waals surface area contributed by atoms with Crippen molar-refractivity contribution in [2.45, 2.75) is 32.4 Å². The molecule has 0 saturated carbocycles. The first-order valence-electron chi connectivity index (χ1n) is 9.11. The summed E-state index contributed by atoms with van der Waals surface area (Å²) in [5.74, 6) is 2.59. The Morgan fingerprint density at radius 1 is 1.27 bits per heavy atom. The van der Waals surface area contributed by atoms with Crippen molar-refractivity contribution in [3.05, 3.63) is 23.9 Å². The van der Waals surface area contributed by atoms with Crippen molar-refractivity contribution in [1.82, 2.24) is 39.8 Å². The average Bonchev–Trinajstić information content (AvgIpc) is 3.40. The number of nitrogens with one attached hydrogen (secondary N) is 2. The number of H-pyrrole nitrogens is 1. The van der Waals surface area contributed by atoms with Gasteiger partial charge in [0.05, 0.1) is 24.4 Å². The van der Waals surface area contributed by atoms with Gasteiger partial charge in [-0.1, -0.05) is 0 Å². The molecule has 1 saturated heterocycles. The van der Waals surface area contributed by atoms with E-state index in [0.717, 1.165) is 67.7 Å². The van der Waals surface area contributed by atoms with Crippen LogP contribution in [0.4, 0.5) is 0 Å². The number of imidazole rings is 1. The Morgan fingerprint density at radius 2 is 2.23 bits per heavy atom. The van der Waals surface area contributed by atoms with Crippen LogP contribution in [0, 0.1) is 6.92 Å². The normalized spacial score (nSPS) is 20.3. The zero-order valence-corrected chi connectivity index (χ0v) is 14.8. The molecule has 0 amide bonds. The van der Waals surface area contributed by atoms with Crippen LogP contribution in [0.25, 0.3) is 22.9 Å². The van der Waals surface area contributed by atoms with Crippen LogP contribution in [0.1, 0.15) is 24.0 Å². The number of hydrogen-bond acceptors (Lipinski definition) is 6. The van der Waals surface area contributed by atoms with Gasteiger partial charge in [-0.3, -0.25) is 5.10 Å². The minimum Gasteiger partial charge on any atom is -0.379 e. The summed E-state index contributed by atoms with van der Waals surface area (Å²) in [6.07, 6.45) is 5.74. The molecule has 5 rings (SSSR count). The third-order valence-electron chi connectivity index (χ3n) is 5.10. The van der Waals surface area contributed by atoms with E-state index in [4.69, 9.17) is 19.8 Å². The molecular weight excluding hydrogens is 332 g/mol. The molecule has 2 N–H and O–H groups in total. The van der Waals surface area contributed by atoms with Gasteiger partial charge >= 0.3 is 0 Å². The number of aromatic amines is 1. The molecule has 136 valence electrons. The summed E-state index contributed by atoms with van der Waals surface area (Å²) in [7, 11) is 0. The first-order chi connectivity index (χ1) is 12.8. The Kier molecular flexibility index (Phi) is 3.83. The van der Waals surface area contributed by atoms with E-state index < -0.39 is 0 Å². The summed E-state index contributed by atoms with van der Waals surface area (Å²) in [4.78, 5) is 9.71. The van der Waals surface area contributed by atoms with Crippen LogP contribution < -0.4 is 5.32 Å². The highest BCUT2D eigenvalue weighted by Crippen LogP contribution is 2.29. The Hall–Kier alpha value is -2.52. The lowest BCUT2D eigenvalue weighted by atomic mass is 10.2. The molecule has 9 nitrogen and oxygen atoms in total. The number of ether oxygens (including phenoxy) is 1. The lowest BCUT2D eigenvalue weighted by Crippen LogP contribution is -2.17. The summed E-state index contributed by atoms with van der Waals surface area (Å²) in [5.41, 5.74) is 2.77. The Balaban J connectivity index is 1.60. The van der Waals surface area contributed by atoms with Crippen molar-refractivity contribution >= 4 is 0 Å². The molecule has 0 radical (unpaired) electrons. The van der Waals surface area contributed by atoms with E-state index in [1.807, 2.05) is 11.6 Å². The van der Waals surface area contributed by atoms with Gasteiger partial charge in [-0.05, 0) is 13.3 Å². The number of rotatable bonds is 3. The molecule has 0 aromatic carbocycles. The number of hydrogen-bond donors (Lipinski definition) is 2. The maximum atomic E-state index is 5.58. The van der Waals surface area contributed by atoms with Crippen LogP contribution in [0.5, 0.6) is 0 Å². The van der Waals surface area contributed by atoms with Crippen molar-refractivity contribution in [3.63, 3.8) is 0 Å². The van der Waals surface area contributed by atoms with Crippen molar-refractivity contribution in [2.75, 3.05) is 26.3 Å². The highest BCUT2D eigenvalue weighted by Gasteiger charge is 2.26. The number of aryl methyl sites for hydroxylation is 1.